The summed E-state index contributed by atoms with van der Waals surface area (Å²) in [6.45, 7) is 1.65. The highest BCUT2D eigenvalue weighted by atomic mass is 127. The maximum absolute atomic E-state index is 12.8. The second kappa shape index (κ2) is 6.48. The minimum absolute atomic E-state index is 0.278. The van der Waals surface area contributed by atoms with E-state index in [4.69, 9.17) is 4.74 Å². The van der Waals surface area contributed by atoms with E-state index >= 15 is 0 Å². The normalized spacial score (nSPS) is 34.6. The molecule has 140 valence electrons. The molecule has 0 aliphatic heterocycles. The van der Waals surface area contributed by atoms with Crippen molar-refractivity contribution in [1.29, 1.82) is 0 Å². The third-order valence-electron chi connectivity index (χ3n) is 6.26. The van der Waals surface area contributed by atoms with Gasteiger partial charge in [-0.25, -0.2) is 0 Å². The molecule has 1 amide bonds. The van der Waals surface area contributed by atoms with Gasteiger partial charge < -0.3 is 15.2 Å². The number of amides is 1. The summed E-state index contributed by atoms with van der Waals surface area (Å²) < 4.78 is 6.51. The first kappa shape index (κ1) is 18.2. The van der Waals surface area contributed by atoms with Crippen LogP contribution in [0.5, 0.6) is 0 Å². The first-order valence-electron chi connectivity index (χ1n) is 9.23. The van der Waals surface area contributed by atoms with Crippen LogP contribution >= 0.6 is 22.6 Å². The Labute approximate surface area is 167 Å². The van der Waals surface area contributed by atoms with Crippen molar-refractivity contribution in [1.82, 2.24) is 0 Å². The van der Waals surface area contributed by atoms with Crippen LogP contribution in [0.2, 0.25) is 0 Å². The van der Waals surface area contributed by atoms with Gasteiger partial charge >= 0.3 is 5.97 Å². The van der Waals surface area contributed by atoms with E-state index in [1.54, 1.807) is 0 Å². The van der Waals surface area contributed by atoms with Gasteiger partial charge in [0.2, 0.25) is 0 Å². The average Bonchev–Trinajstić information content (AvgIpc) is 2.53. The molecule has 0 spiro atoms. The van der Waals surface area contributed by atoms with Crippen molar-refractivity contribution < 1.29 is 19.4 Å². The zero-order valence-electron chi connectivity index (χ0n) is 14.9. The van der Waals surface area contributed by atoms with Crippen LogP contribution in [0.25, 0.3) is 0 Å². The van der Waals surface area contributed by atoms with Gasteiger partial charge in [0, 0.05) is 9.26 Å². The lowest BCUT2D eigenvalue weighted by Crippen LogP contribution is -2.58. The van der Waals surface area contributed by atoms with Crippen LogP contribution in [0.1, 0.15) is 44.1 Å². The van der Waals surface area contributed by atoms with Gasteiger partial charge in [-0.1, -0.05) is 0 Å². The van der Waals surface area contributed by atoms with Crippen molar-refractivity contribution in [3.05, 3.63) is 27.3 Å². The summed E-state index contributed by atoms with van der Waals surface area (Å²) in [6.07, 6.45) is 4.81. The third-order valence-corrected chi connectivity index (χ3v) is 6.93. The molecule has 2 N–H and O–H groups in total. The lowest BCUT2D eigenvalue weighted by atomic mass is 9.48. The second-order valence-corrected chi connectivity index (χ2v) is 9.79. The number of rotatable bonds is 4. The van der Waals surface area contributed by atoms with E-state index in [0.29, 0.717) is 18.3 Å². The summed E-state index contributed by atoms with van der Waals surface area (Å²) in [5.41, 5.74) is 0.414. The maximum Gasteiger partial charge on any atom is 0.312 e. The number of aliphatic hydroxyl groups is 1. The molecule has 2 atom stereocenters. The van der Waals surface area contributed by atoms with Crippen LogP contribution in [0.15, 0.2) is 18.2 Å². The molecule has 4 saturated carbocycles. The van der Waals surface area contributed by atoms with Gasteiger partial charge in [0.15, 0.2) is 6.61 Å². The van der Waals surface area contributed by atoms with Crippen molar-refractivity contribution in [2.75, 3.05) is 11.9 Å². The molecule has 4 bridgehead atoms. The topological polar surface area (TPSA) is 75.6 Å². The Morgan fingerprint density at radius 3 is 2.58 bits per heavy atom. The van der Waals surface area contributed by atoms with E-state index in [1.165, 1.54) is 0 Å². The third kappa shape index (κ3) is 3.38. The zero-order chi connectivity index (χ0) is 18.5. The summed E-state index contributed by atoms with van der Waals surface area (Å²) in [5, 5.41) is 13.6. The predicted molar refractivity (Wildman–Crippen MR) is 106 cm³/mol. The molecule has 4 aliphatic rings. The monoisotopic (exact) mass is 469 g/mol. The minimum Gasteiger partial charge on any atom is -0.455 e. The Hall–Kier alpha value is -1.15. The molecule has 26 heavy (non-hydrogen) atoms. The van der Waals surface area contributed by atoms with Crippen LogP contribution in [0.4, 0.5) is 5.69 Å². The molecule has 6 heteroatoms. The quantitative estimate of drug-likeness (QED) is 0.524. The van der Waals surface area contributed by atoms with Gasteiger partial charge in [0.05, 0.1) is 11.0 Å². The largest absolute Gasteiger partial charge is 0.455 e. The molecule has 5 rings (SSSR count). The Morgan fingerprint density at radius 1 is 1.27 bits per heavy atom. The van der Waals surface area contributed by atoms with Crippen LogP contribution in [0, 0.1) is 27.7 Å². The zero-order valence-corrected chi connectivity index (χ0v) is 17.0. The van der Waals surface area contributed by atoms with Gasteiger partial charge in [-0.15, -0.1) is 0 Å². The number of aryl methyl sites for hydroxylation is 1. The van der Waals surface area contributed by atoms with Gasteiger partial charge in [-0.05, 0) is 104 Å². The van der Waals surface area contributed by atoms with Crippen molar-refractivity contribution in [3.63, 3.8) is 0 Å². The summed E-state index contributed by atoms with van der Waals surface area (Å²) in [4.78, 5) is 25.0. The number of ether oxygens (including phenoxy) is 1. The molecular formula is C20H24INO4. The first-order valence-corrected chi connectivity index (χ1v) is 10.3. The van der Waals surface area contributed by atoms with E-state index in [-0.39, 0.29) is 18.5 Å². The van der Waals surface area contributed by atoms with Crippen LogP contribution in [-0.2, 0) is 14.3 Å². The number of halogens is 1. The Kier molecular flexibility index (Phi) is 4.54. The summed E-state index contributed by atoms with van der Waals surface area (Å²) in [5.74, 6) is 0.194. The number of benzene rings is 1. The molecule has 0 aromatic heterocycles. The fraction of sp³-hybridized carbons (Fsp3) is 0.600. The molecule has 1 aromatic rings. The lowest BCUT2D eigenvalue weighted by molar-refractivity contribution is -0.196. The van der Waals surface area contributed by atoms with Crippen molar-refractivity contribution in [3.8, 4) is 0 Å². The molecule has 4 aliphatic carbocycles. The van der Waals surface area contributed by atoms with E-state index < -0.39 is 11.0 Å². The highest BCUT2D eigenvalue weighted by molar-refractivity contribution is 14.1. The standard InChI is InChI=1S/C20H24INO4/c1-12-4-15(21)2-3-16(12)22-17(23)10-26-18(24)19-6-13-5-14(7-19)9-20(25,8-13)11-19/h2-4,13-14,25H,5-11H2,1H3,(H,22,23). The number of anilines is 1. The van der Waals surface area contributed by atoms with Crippen LogP contribution in [0.3, 0.4) is 0 Å². The number of nitrogens with one attached hydrogen (secondary N) is 1. The minimum atomic E-state index is -0.705. The van der Waals surface area contributed by atoms with E-state index in [0.717, 1.165) is 46.9 Å². The second-order valence-electron chi connectivity index (χ2n) is 8.55. The molecular weight excluding hydrogens is 445 g/mol. The van der Waals surface area contributed by atoms with Crippen molar-refractivity contribution in [2.45, 2.75) is 51.0 Å². The van der Waals surface area contributed by atoms with E-state index in [2.05, 4.69) is 27.9 Å². The number of carbonyl (C=O) groups excluding carboxylic acids is 2. The first-order chi connectivity index (χ1) is 12.3. The number of esters is 1. The molecule has 2 unspecified atom stereocenters. The van der Waals surface area contributed by atoms with Crippen molar-refractivity contribution >= 4 is 40.2 Å². The molecule has 1 aromatic carbocycles. The van der Waals surface area contributed by atoms with Gasteiger partial charge in [-0.2, -0.15) is 0 Å². The fourth-order valence-electron chi connectivity index (χ4n) is 5.69. The summed E-state index contributed by atoms with van der Waals surface area (Å²) in [6, 6.07) is 5.76. The fourth-order valence-corrected chi connectivity index (χ4v) is 6.34. The average molecular weight is 469 g/mol. The molecule has 0 saturated heterocycles. The number of hydrogen-bond donors (Lipinski definition) is 2. The molecule has 5 nitrogen and oxygen atoms in total. The maximum atomic E-state index is 12.8. The Balaban J connectivity index is 1.37. The SMILES string of the molecule is Cc1cc(I)ccc1NC(=O)COC(=O)C12CC3CC(CC(O)(C3)C1)C2. The molecule has 4 fully saturated rings. The number of hydrogen-bond acceptors (Lipinski definition) is 4. The highest BCUT2D eigenvalue weighted by Gasteiger charge is 2.60. The van der Waals surface area contributed by atoms with E-state index in [9.17, 15) is 14.7 Å². The summed E-state index contributed by atoms with van der Waals surface area (Å²) in [7, 11) is 0. The highest BCUT2D eigenvalue weighted by Crippen LogP contribution is 2.61. The summed E-state index contributed by atoms with van der Waals surface area (Å²) >= 11 is 2.22. The van der Waals surface area contributed by atoms with E-state index in [1.807, 2.05) is 25.1 Å². The van der Waals surface area contributed by atoms with Gasteiger partial charge in [-0.3, -0.25) is 9.59 Å². The van der Waals surface area contributed by atoms with Crippen molar-refractivity contribution in [2.24, 2.45) is 17.3 Å². The van der Waals surface area contributed by atoms with Crippen LogP contribution in [-0.4, -0.2) is 29.2 Å². The number of carbonyl (C=O) groups is 2. The molecule has 0 heterocycles. The smallest absolute Gasteiger partial charge is 0.312 e. The van der Waals surface area contributed by atoms with Gasteiger partial charge in [0.25, 0.3) is 5.91 Å². The lowest BCUT2D eigenvalue weighted by Gasteiger charge is -2.58. The Bertz CT molecular complexity index is 748. The van der Waals surface area contributed by atoms with Crippen LogP contribution < -0.4 is 5.32 Å². The van der Waals surface area contributed by atoms with Gasteiger partial charge in [0.1, 0.15) is 0 Å². The predicted octanol–water partition coefficient (Wildman–Crippen LogP) is 3.41. The Morgan fingerprint density at radius 2 is 1.96 bits per heavy atom. The molecule has 0 radical (unpaired) electrons.